The summed E-state index contributed by atoms with van der Waals surface area (Å²) in [4.78, 5) is 8.17. The van der Waals surface area contributed by atoms with Crippen LogP contribution in [-0.4, -0.2) is 31.8 Å². The molecule has 0 fully saturated rings. The molecule has 0 radical (unpaired) electrons. The van der Waals surface area contributed by atoms with Gasteiger partial charge in [-0.1, -0.05) is 23.7 Å². The van der Waals surface area contributed by atoms with Crippen LogP contribution >= 0.6 is 11.6 Å². The number of hydrogen-bond acceptors (Lipinski definition) is 5. The Morgan fingerprint density at radius 2 is 2.00 bits per heavy atom. The van der Waals surface area contributed by atoms with Crippen LogP contribution in [0.25, 0.3) is 22.5 Å². The molecule has 0 saturated heterocycles. The summed E-state index contributed by atoms with van der Waals surface area (Å²) in [5, 5.41) is 17.9. The molecule has 3 rings (SSSR count). The van der Waals surface area contributed by atoms with E-state index in [2.05, 4.69) is 20.2 Å². The molecule has 2 aromatic heterocycles. The second kappa shape index (κ2) is 6.23. The molecule has 0 aliphatic carbocycles. The van der Waals surface area contributed by atoms with E-state index in [4.69, 9.17) is 17.3 Å². The van der Waals surface area contributed by atoms with Gasteiger partial charge in [-0.25, -0.2) is 9.97 Å². The number of nitrogens with two attached hydrogens (primary N) is 1. The van der Waals surface area contributed by atoms with Crippen molar-refractivity contribution in [1.29, 1.82) is 0 Å². The summed E-state index contributed by atoms with van der Waals surface area (Å²) >= 11 is 5.93. The lowest BCUT2D eigenvalue weighted by molar-refractivity contribution is 0.182. The van der Waals surface area contributed by atoms with Crippen LogP contribution < -0.4 is 5.73 Å². The molecule has 7 heteroatoms. The first-order chi connectivity index (χ1) is 10.7. The Morgan fingerprint density at radius 3 is 2.64 bits per heavy atom. The van der Waals surface area contributed by atoms with Crippen LogP contribution in [0.1, 0.15) is 11.8 Å². The SMILES string of the molecule is NCC(O)c1[nH]nc(-c2ccc(Cl)cc2)c1-c1ccncn1. The molecule has 0 aliphatic rings. The predicted molar refractivity (Wildman–Crippen MR) is 84.1 cm³/mol. The second-order valence-electron chi connectivity index (χ2n) is 4.71. The van der Waals surface area contributed by atoms with Crippen LogP contribution in [-0.2, 0) is 0 Å². The minimum Gasteiger partial charge on any atom is -0.385 e. The molecule has 0 amide bonds. The largest absolute Gasteiger partial charge is 0.385 e. The van der Waals surface area contributed by atoms with E-state index < -0.39 is 6.10 Å². The first kappa shape index (κ1) is 14.6. The number of aromatic nitrogens is 4. The zero-order chi connectivity index (χ0) is 15.5. The van der Waals surface area contributed by atoms with E-state index in [1.54, 1.807) is 24.4 Å². The first-order valence-corrected chi connectivity index (χ1v) is 7.07. The van der Waals surface area contributed by atoms with Gasteiger partial charge in [0.15, 0.2) is 0 Å². The summed E-state index contributed by atoms with van der Waals surface area (Å²) < 4.78 is 0. The van der Waals surface area contributed by atoms with E-state index in [0.29, 0.717) is 27.7 Å². The number of nitrogens with one attached hydrogen (secondary N) is 1. The van der Waals surface area contributed by atoms with E-state index in [9.17, 15) is 5.11 Å². The van der Waals surface area contributed by atoms with E-state index in [-0.39, 0.29) is 6.54 Å². The third-order valence-corrected chi connectivity index (χ3v) is 3.56. The second-order valence-corrected chi connectivity index (χ2v) is 5.15. The van der Waals surface area contributed by atoms with E-state index in [1.807, 2.05) is 12.1 Å². The van der Waals surface area contributed by atoms with Gasteiger partial charge in [-0.05, 0) is 18.2 Å². The fraction of sp³-hybridized carbons (Fsp3) is 0.133. The molecule has 22 heavy (non-hydrogen) atoms. The summed E-state index contributed by atoms with van der Waals surface area (Å²) in [7, 11) is 0. The van der Waals surface area contributed by atoms with Crippen molar-refractivity contribution in [2.24, 2.45) is 5.73 Å². The summed E-state index contributed by atoms with van der Waals surface area (Å²) in [5.74, 6) is 0. The number of halogens is 1. The van der Waals surface area contributed by atoms with Gasteiger partial charge in [0.05, 0.1) is 17.0 Å². The van der Waals surface area contributed by atoms with Crippen molar-refractivity contribution in [2.75, 3.05) is 6.54 Å². The van der Waals surface area contributed by atoms with Gasteiger partial charge in [0.2, 0.25) is 0 Å². The van der Waals surface area contributed by atoms with Crippen LogP contribution in [0, 0.1) is 0 Å². The van der Waals surface area contributed by atoms with Gasteiger partial charge in [0.25, 0.3) is 0 Å². The number of aliphatic hydroxyl groups is 1. The predicted octanol–water partition coefficient (Wildman–Crippen LogP) is 2.18. The van der Waals surface area contributed by atoms with Crippen molar-refractivity contribution in [3.8, 4) is 22.5 Å². The molecule has 2 heterocycles. The molecule has 6 nitrogen and oxygen atoms in total. The number of H-pyrrole nitrogens is 1. The van der Waals surface area contributed by atoms with Crippen molar-refractivity contribution in [3.05, 3.63) is 53.6 Å². The maximum Gasteiger partial charge on any atom is 0.116 e. The number of nitrogens with zero attached hydrogens (tertiary/aromatic N) is 3. The lowest BCUT2D eigenvalue weighted by Crippen LogP contribution is -2.13. The van der Waals surface area contributed by atoms with Crippen molar-refractivity contribution in [3.63, 3.8) is 0 Å². The molecule has 112 valence electrons. The minimum atomic E-state index is -0.849. The quantitative estimate of drug-likeness (QED) is 0.685. The average molecular weight is 316 g/mol. The highest BCUT2D eigenvalue weighted by atomic mass is 35.5. The number of benzene rings is 1. The average Bonchev–Trinajstić information content (AvgIpc) is 3.00. The maximum absolute atomic E-state index is 10.1. The van der Waals surface area contributed by atoms with Gasteiger partial charge in [0, 0.05) is 23.3 Å². The van der Waals surface area contributed by atoms with E-state index in [1.165, 1.54) is 6.33 Å². The van der Waals surface area contributed by atoms with Crippen molar-refractivity contribution >= 4 is 11.6 Å². The highest BCUT2D eigenvalue weighted by molar-refractivity contribution is 6.30. The van der Waals surface area contributed by atoms with Gasteiger partial charge in [-0.3, -0.25) is 5.10 Å². The summed E-state index contributed by atoms with van der Waals surface area (Å²) in [6.07, 6.45) is 2.24. The molecule has 0 bridgehead atoms. The number of hydrogen-bond donors (Lipinski definition) is 3. The van der Waals surface area contributed by atoms with Gasteiger partial charge in [0.1, 0.15) is 18.1 Å². The maximum atomic E-state index is 10.1. The molecule has 0 spiro atoms. The number of aromatic amines is 1. The van der Waals surface area contributed by atoms with Gasteiger partial charge in [-0.15, -0.1) is 0 Å². The highest BCUT2D eigenvalue weighted by Crippen LogP contribution is 2.34. The third kappa shape index (κ3) is 2.71. The van der Waals surface area contributed by atoms with Crippen LogP contribution in [0.15, 0.2) is 42.9 Å². The fourth-order valence-corrected chi connectivity index (χ4v) is 2.35. The Kier molecular flexibility index (Phi) is 4.15. The van der Waals surface area contributed by atoms with Gasteiger partial charge < -0.3 is 10.8 Å². The van der Waals surface area contributed by atoms with Crippen molar-refractivity contribution in [1.82, 2.24) is 20.2 Å². The third-order valence-electron chi connectivity index (χ3n) is 3.31. The molecular weight excluding hydrogens is 302 g/mol. The van der Waals surface area contributed by atoms with Crippen molar-refractivity contribution in [2.45, 2.75) is 6.10 Å². The molecule has 0 saturated carbocycles. The summed E-state index contributed by atoms with van der Waals surface area (Å²) in [6.45, 7) is 0.0837. The van der Waals surface area contributed by atoms with Crippen LogP contribution in [0.2, 0.25) is 5.02 Å². The highest BCUT2D eigenvalue weighted by Gasteiger charge is 2.21. The van der Waals surface area contributed by atoms with E-state index >= 15 is 0 Å². The minimum absolute atomic E-state index is 0.0837. The van der Waals surface area contributed by atoms with Crippen LogP contribution in [0.3, 0.4) is 0 Å². The Hall–Kier alpha value is -2.28. The Morgan fingerprint density at radius 1 is 1.23 bits per heavy atom. The zero-order valence-electron chi connectivity index (χ0n) is 11.6. The van der Waals surface area contributed by atoms with E-state index in [0.717, 1.165) is 5.56 Å². The molecule has 0 aliphatic heterocycles. The van der Waals surface area contributed by atoms with Gasteiger partial charge >= 0.3 is 0 Å². The number of rotatable bonds is 4. The molecular formula is C15H14ClN5O. The van der Waals surface area contributed by atoms with Crippen LogP contribution in [0.5, 0.6) is 0 Å². The molecule has 1 aromatic carbocycles. The Bertz CT molecular complexity index is 757. The molecule has 4 N–H and O–H groups in total. The Labute approximate surface area is 132 Å². The monoisotopic (exact) mass is 315 g/mol. The fourth-order valence-electron chi connectivity index (χ4n) is 2.23. The normalized spacial score (nSPS) is 12.3. The van der Waals surface area contributed by atoms with Crippen LogP contribution in [0.4, 0.5) is 0 Å². The van der Waals surface area contributed by atoms with Crippen molar-refractivity contribution < 1.29 is 5.11 Å². The summed E-state index contributed by atoms with van der Waals surface area (Å²) in [6, 6.07) is 9.06. The first-order valence-electron chi connectivity index (χ1n) is 6.69. The topological polar surface area (TPSA) is 101 Å². The standard InChI is InChI=1S/C15H14ClN5O/c16-10-3-1-9(2-4-10)14-13(11-5-6-18-8-19-11)15(21-20-14)12(22)7-17/h1-6,8,12,22H,7,17H2,(H,20,21). The lowest BCUT2D eigenvalue weighted by Gasteiger charge is -2.09. The number of aliphatic hydroxyl groups excluding tert-OH is 1. The lowest BCUT2D eigenvalue weighted by atomic mass is 10.0. The summed E-state index contributed by atoms with van der Waals surface area (Å²) in [5.41, 5.74) is 9.02. The molecule has 1 unspecified atom stereocenters. The molecule has 1 atom stereocenters. The Balaban J connectivity index is 2.19. The smallest absolute Gasteiger partial charge is 0.116 e. The molecule has 3 aromatic rings. The zero-order valence-corrected chi connectivity index (χ0v) is 12.3. The van der Waals surface area contributed by atoms with Gasteiger partial charge in [-0.2, -0.15) is 5.10 Å².